The Hall–Kier alpha value is -0.450. The van der Waals surface area contributed by atoms with Gasteiger partial charge in [0, 0.05) is 23.5 Å². The van der Waals surface area contributed by atoms with Gasteiger partial charge < -0.3 is 5.73 Å². The van der Waals surface area contributed by atoms with Crippen LogP contribution in [0.3, 0.4) is 0 Å². The number of hydrogen-bond acceptors (Lipinski definition) is 4. The maximum Gasteiger partial charge on any atom is 0.114 e. The number of nitrogens with zero attached hydrogens (tertiary/aromatic N) is 2. The molecule has 18 heavy (non-hydrogen) atoms. The van der Waals surface area contributed by atoms with Crippen LogP contribution >= 0.6 is 11.3 Å². The second kappa shape index (κ2) is 3.78. The smallest absolute Gasteiger partial charge is 0.114 e. The summed E-state index contributed by atoms with van der Waals surface area (Å²) in [5.41, 5.74) is 7.87. The molecule has 0 amide bonds. The lowest BCUT2D eigenvalue weighted by Gasteiger charge is -2.22. The first-order valence-electron chi connectivity index (χ1n) is 7.19. The molecule has 2 heterocycles. The minimum absolute atomic E-state index is 0.170. The molecular formula is C14H21N3S. The highest BCUT2D eigenvalue weighted by atomic mass is 32.1. The van der Waals surface area contributed by atoms with Gasteiger partial charge in [0.1, 0.15) is 5.01 Å². The zero-order chi connectivity index (χ0) is 12.3. The summed E-state index contributed by atoms with van der Waals surface area (Å²) < 4.78 is 0. The number of thiazole rings is 1. The fraction of sp³-hybridized carbons (Fsp3) is 0.786. The van der Waals surface area contributed by atoms with Crippen molar-refractivity contribution in [3.8, 4) is 0 Å². The Morgan fingerprint density at radius 1 is 1.39 bits per heavy atom. The molecule has 2 N–H and O–H groups in total. The van der Waals surface area contributed by atoms with Crippen molar-refractivity contribution < 1.29 is 0 Å². The molecule has 3 nitrogen and oxygen atoms in total. The van der Waals surface area contributed by atoms with Gasteiger partial charge in [0.15, 0.2) is 0 Å². The topological polar surface area (TPSA) is 42.1 Å². The highest BCUT2D eigenvalue weighted by Gasteiger charge is 2.47. The van der Waals surface area contributed by atoms with Gasteiger partial charge in [-0.2, -0.15) is 0 Å². The molecular weight excluding hydrogens is 242 g/mol. The Bertz CT molecular complexity index is 458. The van der Waals surface area contributed by atoms with Gasteiger partial charge in [0.25, 0.3) is 0 Å². The molecule has 0 aromatic carbocycles. The third-order valence-corrected chi connectivity index (χ3v) is 6.11. The van der Waals surface area contributed by atoms with Gasteiger partial charge >= 0.3 is 0 Å². The second-order valence-electron chi connectivity index (χ2n) is 6.36. The molecule has 4 heteroatoms. The molecule has 1 aromatic heterocycles. The molecule has 1 saturated carbocycles. The fourth-order valence-electron chi connectivity index (χ4n) is 3.64. The van der Waals surface area contributed by atoms with E-state index < -0.39 is 0 Å². The predicted molar refractivity (Wildman–Crippen MR) is 73.8 cm³/mol. The van der Waals surface area contributed by atoms with Crippen LogP contribution in [0.4, 0.5) is 0 Å². The average Bonchev–Trinajstić information content (AvgIpc) is 2.78. The lowest BCUT2D eigenvalue weighted by atomic mass is 9.99. The van der Waals surface area contributed by atoms with Crippen LogP contribution in [0.2, 0.25) is 0 Å². The van der Waals surface area contributed by atoms with E-state index in [9.17, 15) is 0 Å². The van der Waals surface area contributed by atoms with E-state index in [1.165, 1.54) is 47.7 Å². The molecule has 1 aliphatic heterocycles. The summed E-state index contributed by atoms with van der Waals surface area (Å²) in [6.07, 6.45) is 7.50. The van der Waals surface area contributed by atoms with Crippen molar-refractivity contribution in [2.75, 3.05) is 6.54 Å². The third kappa shape index (κ3) is 1.66. The maximum atomic E-state index is 6.69. The highest BCUT2D eigenvalue weighted by molar-refractivity contribution is 7.12. The summed E-state index contributed by atoms with van der Waals surface area (Å²) in [4.78, 5) is 8.98. The second-order valence-corrected chi connectivity index (χ2v) is 7.44. The maximum absolute atomic E-state index is 6.69. The summed E-state index contributed by atoms with van der Waals surface area (Å²) in [6, 6.07) is 1.44. The Labute approximate surface area is 112 Å². The molecule has 2 atom stereocenters. The van der Waals surface area contributed by atoms with E-state index in [0.717, 1.165) is 19.0 Å². The summed E-state index contributed by atoms with van der Waals surface area (Å²) in [6.45, 7) is 3.35. The van der Waals surface area contributed by atoms with E-state index in [-0.39, 0.29) is 5.54 Å². The van der Waals surface area contributed by atoms with Crippen LogP contribution in [0.15, 0.2) is 0 Å². The van der Waals surface area contributed by atoms with Crippen LogP contribution in [-0.2, 0) is 18.4 Å². The lowest BCUT2D eigenvalue weighted by Crippen LogP contribution is -2.40. The molecule has 1 saturated heterocycles. The summed E-state index contributed by atoms with van der Waals surface area (Å²) in [7, 11) is 0. The van der Waals surface area contributed by atoms with E-state index in [1.807, 2.05) is 11.3 Å². The predicted octanol–water partition coefficient (Wildman–Crippen LogP) is 2.04. The molecule has 0 bridgehead atoms. The monoisotopic (exact) mass is 263 g/mol. The van der Waals surface area contributed by atoms with Gasteiger partial charge in [0.05, 0.1) is 11.2 Å². The van der Waals surface area contributed by atoms with E-state index in [4.69, 9.17) is 10.7 Å². The van der Waals surface area contributed by atoms with Gasteiger partial charge in [0.2, 0.25) is 0 Å². The van der Waals surface area contributed by atoms with Crippen LogP contribution in [0.25, 0.3) is 0 Å². The standard InChI is InChI=1S/C14H21N3S/c1-9-7-14(15,8-17(9)10-5-6-10)13-16-11-3-2-4-12(11)18-13/h9-10H,2-8,15H2,1H3. The van der Waals surface area contributed by atoms with E-state index in [2.05, 4.69) is 11.8 Å². The van der Waals surface area contributed by atoms with Crippen LogP contribution < -0.4 is 5.73 Å². The first-order chi connectivity index (χ1) is 8.66. The minimum Gasteiger partial charge on any atom is -0.318 e. The molecule has 2 unspecified atom stereocenters. The first-order valence-corrected chi connectivity index (χ1v) is 8.01. The Morgan fingerprint density at radius 3 is 2.94 bits per heavy atom. The van der Waals surface area contributed by atoms with Crippen LogP contribution in [0, 0.1) is 0 Å². The molecule has 1 aromatic rings. The van der Waals surface area contributed by atoms with Crippen molar-refractivity contribution in [1.82, 2.24) is 9.88 Å². The molecule has 3 aliphatic rings. The van der Waals surface area contributed by atoms with Gasteiger partial charge in [-0.1, -0.05) is 0 Å². The summed E-state index contributed by atoms with van der Waals surface area (Å²) >= 11 is 1.89. The minimum atomic E-state index is -0.170. The SMILES string of the molecule is CC1CC(N)(c2nc3c(s2)CCC3)CN1C1CC1. The van der Waals surface area contributed by atoms with Crippen molar-refractivity contribution in [3.05, 3.63) is 15.6 Å². The van der Waals surface area contributed by atoms with Gasteiger partial charge in [-0.25, -0.2) is 4.98 Å². The zero-order valence-corrected chi connectivity index (χ0v) is 11.8. The van der Waals surface area contributed by atoms with Crippen molar-refractivity contribution in [1.29, 1.82) is 0 Å². The summed E-state index contributed by atoms with van der Waals surface area (Å²) in [5, 5.41) is 1.21. The molecule has 2 fully saturated rings. The molecule has 2 aliphatic carbocycles. The highest BCUT2D eigenvalue weighted by Crippen LogP contribution is 2.42. The van der Waals surface area contributed by atoms with E-state index in [1.54, 1.807) is 0 Å². The third-order valence-electron chi connectivity index (χ3n) is 4.73. The normalized spacial score (nSPS) is 36.2. The lowest BCUT2D eigenvalue weighted by molar-refractivity contribution is 0.249. The van der Waals surface area contributed by atoms with E-state index in [0.29, 0.717) is 6.04 Å². The quantitative estimate of drug-likeness (QED) is 0.888. The Kier molecular flexibility index (Phi) is 2.39. The number of hydrogen-bond donors (Lipinski definition) is 1. The van der Waals surface area contributed by atoms with Crippen LogP contribution in [0.1, 0.15) is 48.2 Å². The fourth-order valence-corrected chi connectivity index (χ4v) is 4.90. The van der Waals surface area contributed by atoms with Gasteiger partial charge in [-0.15, -0.1) is 11.3 Å². The van der Waals surface area contributed by atoms with E-state index >= 15 is 0 Å². The number of nitrogens with two attached hydrogens (primary N) is 1. The Morgan fingerprint density at radius 2 is 2.22 bits per heavy atom. The molecule has 4 rings (SSSR count). The van der Waals surface area contributed by atoms with Gasteiger partial charge in [-0.3, -0.25) is 4.90 Å². The largest absolute Gasteiger partial charge is 0.318 e. The number of rotatable bonds is 2. The number of fused-ring (bicyclic) bond motifs is 1. The van der Waals surface area contributed by atoms with Crippen LogP contribution in [0.5, 0.6) is 0 Å². The Balaban J connectivity index is 1.62. The van der Waals surface area contributed by atoms with Crippen LogP contribution in [-0.4, -0.2) is 28.5 Å². The van der Waals surface area contributed by atoms with Crippen molar-refractivity contribution in [2.45, 2.75) is 63.1 Å². The molecule has 98 valence electrons. The molecule has 0 radical (unpaired) electrons. The first kappa shape index (κ1) is 11.4. The average molecular weight is 263 g/mol. The number of likely N-dealkylation sites (tertiary alicyclic amines) is 1. The number of aryl methyl sites for hydroxylation is 2. The van der Waals surface area contributed by atoms with Gasteiger partial charge in [-0.05, 0) is 45.4 Å². The molecule has 0 spiro atoms. The number of aromatic nitrogens is 1. The van der Waals surface area contributed by atoms with Crippen molar-refractivity contribution in [3.63, 3.8) is 0 Å². The zero-order valence-electron chi connectivity index (χ0n) is 11.0. The van der Waals surface area contributed by atoms with Crippen molar-refractivity contribution >= 4 is 11.3 Å². The summed E-state index contributed by atoms with van der Waals surface area (Å²) in [5.74, 6) is 0. The van der Waals surface area contributed by atoms with Crippen molar-refractivity contribution in [2.24, 2.45) is 5.73 Å².